The zero-order valence-corrected chi connectivity index (χ0v) is 42.3. The highest BCUT2D eigenvalue weighted by atomic mass is 32.2. The van der Waals surface area contributed by atoms with Crippen LogP contribution in [0.25, 0.3) is 12.2 Å². The van der Waals surface area contributed by atoms with Crippen LogP contribution in [0.5, 0.6) is 0 Å². The Morgan fingerprint density at radius 1 is 0.500 bits per heavy atom. The van der Waals surface area contributed by atoms with Gasteiger partial charge in [0.15, 0.2) is 0 Å². The molecular weight excluding hydrogens is 1120 g/mol. The average molecular weight is 1160 g/mol. The van der Waals surface area contributed by atoms with Crippen LogP contribution in [0.2, 0.25) is 0 Å². The van der Waals surface area contributed by atoms with Gasteiger partial charge in [0.2, 0.25) is 35.7 Å². The smallest absolute Gasteiger partial charge is 0.326 e. The average Bonchev–Trinajstić information content (AvgIpc) is 3.35. The third-order valence-electron chi connectivity index (χ3n) is 10.00. The molecule has 6 rings (SSSR count). The molecule has 0 saturated carbocycles. The van der Waals surface area contributed by atoms with Crippen molar-refractivity contribution in [3.8, 4) is 0 Å². The van der Waals surface area contributed by atoms with E-state index in [1.165, 1.54) is 66.7 Å². The van der Waals surface area contributed by atoms with Gasteiger partial charge in [0.1, 0.15) is 17.0 Å². The first-order valence-corrected chi connectivity index (χ1v) is 26.5. The minimum absolute atomic E-state index is 0.0787. The highest BCUT2D eigenvalue weighted by Gasteiger charge is 2.24. The lowest BCUT2D eigenvalue weighted by Crippen LogP contribution is -2.31. The van der Waals surface area contributed by atoms with Crippen LogP contribution in [0, 0.1) is 0 Å². The molecule has 0 aliphatic rings. The van der Waals surface area contributed by atoms with Gasteiger partial charge in [-0.3, -0.25) is 23.2 Å². The molecule has 0 radical (unpaired) electrons. The van der Waals surface area contributed by atoms with E-state index in [0.29, 0.717) is 12.0 Å². The van der Waals surface area contributed by atoms with E-state index < -0.39 is 113 Å². The van der Waals surface area contributed by atoms with Gasteiger partial charge in [0.25, 0.3) is 30.4 Å². The second-order valence-corrected chi connectivity index (χ2v) is 20.6. The third-order valence-corrected chi connectivity index (χ3v) is 13.3. The van der Waals surface area contributed by atoms with E-state index in [0.717, 1.165) is 30.3 Å². The Balaban J connectivity index is 1.30. The lowest BCUT2D eigenvalue weighted by atomic mass is 10.1. The number of anilines is 10. The number of benzene rings is 4. The molecule has 0 fully saturated rings. The Hall–Kier alpha value is -8.72. The largest absolute Gasteiger partial charge is 0.481 e. The predicted molar refractivity (Wildman–Crippen MR) is 271 cm³/mol. The van der Waals surface area contributed by atoms with Gasteiger partial charge in [-0.1, -0.05) is 29.3 Å². The van der Waals surface area contributed by atoms with E-state index in [1.807, 2.05) is 0 Å². The molecule has 2 aromatic heterocycles. The van der Waals surface area contributed by atoms with Crippen LogP contribution in [0.3, 0.4) is 0 Å². The number of carboxylic acid groups (broad SMARTS) is 4. The molecule has 4 aromatic carbocycles. The Labute approximate surface area is 443 Å². The molecule has 0 saturated heterocycles. The molecule has 2 atom stereocenters. The van der Waals surface area contributed by atoms with E-state index >= 15 is 0 Å². The van der Waals surface area contributed by atoms with Crippen LogP contribution in [0.1, 0.15) is 36.8 Å². The molecule has 32 nitrogen and oxygen atoms in total. The second-order valence-electron chi connectivity index (χ2n) is 15.6. The monoisotopic (exact) mass is 1160 g/mol. The maximum atomic E-state index is 12.8. The van der Waals surface area contributed by atoms with Gasteiger partial charge in [-0.2, -0.15) is 55.2 Å². The van der Waals surface area contributed by atoms with Crippen molar-refractivity contribution in [2.24, 2.45) is 0 Å². The van der Waals surface area contributed by atoms with E-state index in [-0.39, 0.29) is 68.5 Å². The first-order valence-electron chi connectivity index (χ1n) is 21.5. The molecular formula is C42H40N12O20S4. The maximum Gasteiger partial charge on any atom is 0.326 e. The standard InChI is InChI=1S/C42H40N12O20S4/c55-33(56)17-15-29(35(59)60)47-41-51-37(43-23-7-11-27(12-8-23)76(64,65)66)49-39(53-41)45-25-5-3-21(31(19-25)75-74-73-63)1-2-22-4-6-26(20-32(22)78(70,71)72)46-40-50-38(44-24-9-13-28(14-10-24)77(67,68)69)52-42(54-40)48-30(36(61)62)16-18-34(57)58/h1-14,19-20,29-30,63H,15-18H2,(H,55,56)(H,57,58)(H,59,60)(H,61,62)(H,64,65,66)(H,67,68,69)(H,70,71,72)(H3,43,45,47,49,51,53)(H3,44,46,48,50,52,54). The van der Waals surface area contributed by atoms with Gasteiger partial charge in [0, 0.05) is 40.5 Å². The molecule has 2 unspecified atom stereocenters. The van der Waals surface area contributed by atoms with Gasteiger partial charge in [-0.15, -0.1) is 4.33 Å². The number of aromatic nitrogens is 6. The van der Waals surface area contributed by atoms with E-state index in [9.17, 15) is 68.3 Å². The number of aliphatic carboxylic acids is 4. The van der Waals surface area contributed by atoms with Crippen molar-refractivity contribution in [2.45, 2.75) is 57.3 Å². The number of nitrogens with one attached hydrogen (secondary N) is 6. The molecule has 6 aromatic rings. The summed E-state index contributed by atoms with van der Waals surface area (Å²) in [6.45, 7) is 0. The molecule has 0 spiro atoms. The third kappa shape index (κ3) is 17.4. The highest BCUT2D eigenvalue weighted by Crippen LogP contribution is 2.32. The second kappa shape index (κ2) is 25.4. The Morgan fingerprint density at radius 3 is 1.23 bits per heavy atom. The minimum Gasteiger partial charge on any atom is -0.481 e. The van der Waals surface area contributed by atoms with Crippen LogP contribution in [-0.2, 0) is 58.9 Å². The molecule has 0 bridgehead atoms. The summed E-state index contributed by atoms with van der Waals surface area (Å²) in [5.41, 5.74) is 0.583. The molecule has 412 valence electrons. The number of hydrogen-bond donors (Lipinski definition) is 14. The lowest BCUT2D eigenvalue weighted by molar-refractivity contribution is -0.432. The number of nitrogens with zero attached hydrogens (tertiary/aromatic N) is 6. The number of rotatable bonds is 28. The van der Waals surface area contributed by atoms with Crippen molar-refractivity contribution in [2.75, 3.05) is 31.9 Å². The Kier molecular flexibility index (Phi) is 19.1. The zero-order chi connectivity index (χ0) is 57.0. The summed E-state index contributed by atoms with van der Waals surface area (Å²) < 4.78 is 106. The first-order chi connectivity index (χ1) is 36.7. The van der Waals surface area contributed by atoms with Crippen LogP contribution < -0.4 is 31.9 Å². The van der Waals surface area contributed by atoms with Crippen molar-refractivity contribution in [3.05, 3.63) is 96.1 Å². The summed E-state index contributed by atoms with van der Waals surface area (Å²) in [5.74, 6) is -7.48. The number of carboxylic acids is 4. The summed E-state index contributed by atoms with van der Waals surface area (Å²) in [6.07, 6.45) is 0.698. The topological polar surface area (TPSA) is 501 Å². The van der Waals surface area contributed by atoms with E-state index in [1.54, 1.807) is 0 Å². The van der Waals surface area contributed by atoms with E-state index in [4.69, 9.17) is 15.5 Å². The van der Waals surface area contributed by atoms with Crippen LogP contribution >= 0.6 is 12.0 Å². The summed E-state index contributed by atoms with van der Waals surface area (Å²) in [7, 11) is -14.2. The molecule has 0 amide bonds. The molecule has 36 heteroatoms. The van der Waals surface area contributed by atoms with Crippen molar-refractivity contribution in [1.82, 2.24) is 29.9 Å². The van der Waals surface area contributed by atoms with Crippen LogP contribution in [0.15, 0.2) is 105 Å². The fourth-order valence-electron chi connectivity index (χ4n) is 6.43. The highest BCUT2D eigenvalue weighted by molar-refractivity contribution is 7.94. The van der Waals surface area contributed by atoms with Crippen molar-refractivity contribution < 1.29 is 93.1 Å². The fraction of sp³-hybridized carbons (Fsp3) is 0.143. The van der Waals surface area contributed by atoms with Crippen molar-refractivity contribution in [1.29, 1.82) is 0 Å². The summed E-state index contributed by atoms with van der Waals surface area (Å²) in [6, 6.07) is 14.0. The quantitative estimate of drug-likeness (QED) is 0.0103. The SMILES string of the molecule is O=C(O)CCC(Nc1nc(Nc2ccc(S(=O)(=O)O)cc2)nc(Nc2ccc(C=Cc3ccc(Nc4nc(Nc5ccc(S(=O)(=O)O)cc5)nc(NC(CCC(=O)O)C(=O)O)n4)cc3S(=O)(=O)O)c(SOOO)c2)n1)C(=O)O. The van der Waals surface area contributed by atoms with Gasteiger partial charge in [-0.05, 0) is 96.8 Å². The molecule has 0 aliphatic carbocycles. The van der Waals surface area contributed by atoms with Gasteiger partial charge >= 0.3 is 23.9 Å². The Morgan fingerprint density at radius 2 is 0.859 bits per heavy atom. The number of carbonyl (C=O) groups is 4. The van der Waals surface area contributed by atoms with Crippen LogP contribution in [-0.4, -0.2) is 130 Å². The lowest BCUT2D eigenvalue weighted by Gasteiger charge is -2.16. The summed E-state index contributed by atoms with van der Waals surface area (Å²) >= 11 is 0.449. The van der Waals surface area contributed by atoms with Crippen molar-refractivity contribution in [3.63, 3.8) is 0 Å². The van der Waals surface area contributed by atoms with Crippen LogP contribution in [0.4, 0.5) is 58.4 Å². The van der Waals surface area contributed by atoms with Gasteiger partial charge in [0.05, 0.1) is 21.8 Å². The van der Waals surface area contributed by atoms with Gasteiger partial charge in [-0.25, -0.2) is 14.8 Å². The van der Waals surface area contributed by atoms with Gasteiger partial charge < -0.3 is 52.3 Å². The summed E-state index contributed by atoms with van der Waals surface area (Å²) in [5, 5.41) is 66.7. The minimum atomic E-state index is -5.04. The number of hydrogen-bond acceptors (Lipinski definition) is 26. The summed E-state index contributed by atoms with van der Waals surface area (Å²) in [4.78, 5) is 70.1. The molecule has 14 N–H and O–H groups in total. The first kappa shape index (κ1) is 58.5. The molecule has 2 heterocycles. The Bertz CT molecular complexity index is 3600. The predicted octanol–water partition coefficient (Wildman–Crippen LogP) is 4.83. The molecule has 78 heavy (non-hydrogen) atoms. The maximum absolute atomic E-state index is 12.8. The normalized spacial score (nSPS) is 12.5. The fourth-order valence-corrected chi connectivity index (χ4v) is 8.61. The zero-order valence-electron chi connectivity index (χ0n) is 39.0. The van der Waals surface area contributed by atoms with E-state index in [2.05, 4.69) is 71.2 Å². The molecule has 0 aliphatic heterocycles. The van der Waals surface area contributed by atoms with Crippen molar-refractivity contribution >= 4 is 137 Å².